The third kappa shape index (κ3) is 2.99. The van der Waals surface area contributed by atoms with Crippen LogP contribution in [0.1, 0.15) is 12.5 Å². The Kier molecular flexibility index (Phi) is 3.19. The Balaban J connectivity index is 2.96. The Morgan fingerprint density at radius 1 is 1.46 bits per heavy atom. The van der Waals surface area contributed by atoms with Crippen molar-refractivity contribution in [2.45, 2.75) is 6.92 Å². The van der Waals surface area contributed by atoms with Crippen LogP contribution in [-0.4, -0.2) is 4.92 Å². The van der Waals surface area contributed by atoms with Crippen molar-refractivity contribution in [3.63, 3.8) is 0 Å². The zero-order chi connectivity index (χ0) is 9.84. The summed E-state index contributed by atoms with van der Waals surface area (Å²) >= 11 is 3.29. The highest BCUT2D eigenvalue weighted by Crippen LogP contribution is 2.16. The summed E-state index contributed by atoms with van der Waals surface area (Å²) in [7, 11) is 0. The number of nitrogens with zero attached hydrogens (tertiary/aromatic N) is 1. The number of hydrogen-bond donors (Lipinski definition) is 0. The summed E-state index contributed by atoms with van der Waals surface area (Å²) in [5.41, 5.74) is 1.51. The predicted octanol–water partition coefficient (Wildman–Crippen LogP) is 3.09. The standard InChI is InChI=1S/C9H8BrNO2/c1-7(6-11(12)13)8-2-4-9(10)5-3-8/h2-6H,1H3/b7-6+. The molecular weight excluding hydrogens is 234 g/mol. The average molecular weight is 242 g/mol. The van der Waals surface area contributed by atoms with Gasteiger partial charge in [0.25, 0.3) is 0 Å². The Bertz CT molecular complexity index is 343. The molecule has 13 heavy (non-hydrogen) atoms. The topological polar surface area (TPSA) is 43.1 Å². The summed E-state index contributed by atoms with van der Waals surface area (Å²) in [5.74, 6) is 0. The van der Waals surface area contributed by atoms with Crippen LogP contribution in [0.3, 0.4) is 0 Å². The van der Waals surface area contributed by atoms with Crippen LogP contribution in [0.15, 0.2) is 34.9 Å². The maximum atomic E-state index is 10.2. The molecule has 0 unspecified atom stereocenters. The van der Waals surface area contributed by atoms with Gasteiger partial charge in [-0.1, -0.05) is 28.1 Å². The van der Waals surface area contributed by atoms with Gasteiger partial charge in [0.2, 0.25) is 6.20 Å². The van der Waals surface area contributed by atoms with Crippen molar-refractivity contribution in [1.29, 1.82) is 0 Å². The van der Waals surface area contributed by atoms with Gasteiger partial charge in [0, 0.05) is 10.0 Å². The molecule has 0 spiro atoms. The quantitative estimate of drug-likeness (QED) is 0.590. The van der Waals surface area contributed by atoms with Crippen LogP contribution in [0.4, 0.5) is 0 Å². The van der Waals surface area contributed by atoms with Crippen LogP contribution in [0, 0.1) is 10.1 Å². The molecule has 0 aliphatic heterocycles. The first-order valence-electron chi connectivity index (χ1n) is 3.67. The lowest BCUT2D eigenvalue weighted by Gasteiger charge is -1.97. The Hall–Kier alpha value is -1.16. The van der Waals surface area contributed by atoms with Crippen LogP contribution >= 0.6 is 15.9 Å². The minimum atomic E-state index is -0.447. The highest BCUT2D eigenvalue weighted by atomic mass is 79.9. The number of rotatable bonds is 2. The summed E-state index contributed by atoms with van der Waals surface area (Å²) in [6.07, 6.45) is 1.00. The molecule has 68 valence electrons. The summed E-state index contributed by atoms with van der Waals surface area (Å²) in [5, 5.41) is 10.2. The van der Waals surface area contributed by atoms with E-state index in [4.69, 9.17) is 0 Å². The van der Waals surface area contributed by atoms with E-state index in [1.165, 1.54) is 0 Å². The second-order valence-electron chi connectivity index (χ2n) is 2.60. The molecular formula is C9H8BrNO2. The minimum absolute atomic E-state index is 0.447. The second-order valence-corrected chi connectivity index (χ2v) is 3.52. The molecule has 1 rings (SSSR count). The van der Waals surface area contributed by atoms with E-state index in [0.717, 1.165) is 16.2 Å². The van der Waals surface area contributed by atoms with Gasteiger partial charge in [-0.3, -0.25) is 10.1 Å². The normalized spacial score (nSPS) is 11.4. The monoisotopic (exact) mass is 241 g/mol. The highest BCUT2D eigenvalue weighted by Gasteiger charge is 1.99. The lowest BCUT2D eigenvalue weighted by Crippen LogP contribution is -1.87. The molecule has 0 saturated heterocycles. The maximum absolute atomic E-state index is 10.2. The van der Waals surface area contributed by atoms with E-state index < -0.39 is 4.92 Å². The van der Waals surface area contributed by atoms with E-state index in [2.05, 4.69) is 15.9 Å². The number of halogens is 1. The van der Waals surface area contributed by atoms with Gasteiger partial charge in [-0.05, 0) is 24.6 Å². The van der Waals surface area contributed by atoms with E-state index in [1.54, 1.807) is 6.92 Å². The van der Waals surface area contributed by atoms with E-state index in [-0.39, 0.29) is 0 Å². The fourth-order valence-corrected chi connectivity index (χ4v) is 1.21. The third-order valence-electron chi connectivity index (χ3n) is 1.60. The Morgan fingerprint density at radius 2 is 2.00 bits per heavy atom. The van der Waals surface area contributed by atoms with Crippen LogP contribution in [0.2, 0.25) is 0 Å². The van der Waals surface area contributed by atoms with Crippen LogP contribution in [0.25, 0.3) is 5.57 Å². The molecule has 0 fully saturated rings. The van der Waals surface area contributed by atoms with Crippen molar-refractivity contribution in [1.82, 2.24) is 0 Å². The molecule has 0 N–H and O–H groups in total. The van der Waals surface area contributed by atoms with E-state index >= 15 is 0 Å². The Labute approximate surface area is 84.4 Å². The summed E-state index contributed by atoms with van der Waals surface area (Å²) in [4.78, 5) is 9.72. The van der Waals surface area contributed by atoms with E-state index in [1.807, 2.05) is 24.3 Å². The molecule has 4 heteroatoms. The van der Waals surface area contributed by atoms with Crippen LogP contribution in [0.5, 0.6) is 0 Å². The Morgan fingerprint density at radius 3 is 2.46 bits per heavy atom. The second kappa shape index (κ2) is 4.18. The fourth-order valence-electron chi connectivity index (χ4n) is 0.945. The highest BCUT2D eigenvalue weighted by molar-refractivity contribution is 9.10. The number of hydrogen-bond acceptors (Lipinski definition) is 2. The number of benzene rings is 1. The van der Waals surface area contributed by atoms with Crippen LogP contribution in [-0.2, 0) is 0 Å². The lowest BCUT2D eigenvalue weighted by atomic mass is 10.1. The molecule has 0 aromatic heterocycles. The van der Waals surface area contributed by atoms with Gasteiger partial charge in [0.05, 0.1) is 4.92 Å². The SMILES string of the molecule is C/C(=C\[N+](=O)[O-])c1ccc(Br)cc1. The molecule has 0 aliphatic rings. The van der Waals surface area contributed by atoms with Crippen molar-refractivity contribution in [3.05, 3.63) is 50.6 Å². The first-order chi connectivity index (χ1) is 6.09. The molecule has 1 aromatic carbocycles. The molecule has 0 atom stereocenters. The summed E-state index contributed by atoms with van der Waals surface area (Å²) in [6, 6.07) is 7.37. The molecule has 0 aliphatic carbocycles. The average Bonchev–Trinajstić information content (AvgIpc) is 2.04. The zero-order valence-electron chi connectivity index (χ0n) is 7.03. The van der Waals surface area contributed by atoms with Crippen LogP contribution < -0.4 is 0 Å². The van der Waals surface area contributed by atoms with Gasteiger partial charge >= 0.3 is 0 Å². The van der Waals surface area contributed by atoms with Gasteiger partial charge in [0.1, 0.15) is 0 Å². The first-order valence-corrected chi connectivity index (χ1v) is 4.47. The van der Waals surface area contributed by atoms with Gasteiger partial charge in [0.15, 0.2) is 0 Å². The van der Waals surface area contributed by atoms with Gasteiger partial charge in [-0.15, -0.1) is 0 Å². The predicted molar refractivity (Wildman–Crippen MR) is 54.8 cm³/mol. The summed E-state index contributed by atoms with van der Waals surface area (Å²) in [6.45, 7) is 1.71. The molecule has 0 radical (unpaired) electrons. The molecule has 0 bridgehead atoms. The van der Waals surface area contributed by atoms with Crippen molar-refractivity contribution in [2.75, 3.05) is 0 Å². The molecule has 0 saturated carbocycles. The van der Waals surface area contributed by atoms with E-state index in [0.29, 0.717) is 5.57 Å². The minimum Gasteiger partial charge on any atom is -0.259 e. The smallest absolute Gasteiger partial charge is 0.237 e. The molecule has 1 aromatic rings. The fraction of sp³-hybridized carbons (Fsp3) is 0.111. The lowest BCUT2D eigenvalue weighted by molar-refractivity contribution is -0.401. The van der Waals surface area contributed by atoms with Gasteiger partial charge in [-0.25, -0.2) is 0 Å². The van der Waals surface area contributed by atoms with Gasteiger partial charge in [-0.2, -0.15) is 0 Å². The van der Waals surface area contributed by atoms with E-state index in [9.17, 15) is 10.1 Å². The molecule has 3 nitrogen and oxygen atoms in total. The van der Waals surface area contributed by atoms with Gasteiger partial charge < -0.3 is 0 Å². The molecule has 0 amide bonds. The first kappa shape index (κ1) is 9.92. The number of allylic oxidation sites excluding steroid dienone is 1. The third-order valence-corrected chi connectivity index (χ3v) is 2.13. The van der Waals surface area contributed by atoms with Crippen molar-refractivity contribution < 1.29 is 4.92 Å². The zero-order valence-corrected chi connectivity index (χ0v) is 8.61. The van der Waals surface area contributed by atoms with Crippen molar-refractivity contribution in [2.24, 2.45) is 0 Å². The van der Waals surface area contributed by atoms with Crippen molar-refractivity contribution >= 4 is 21.5 Å². The van der Waals surface area contributed by atoms with Crippen molar-refractivity contribution in [3.8, 4) is 0 Å². The molecule has 0 heterocycles. The summed E-state index contributed by atoms with van der Waals surface area (Å²) < 4.78 is 0.963. The number of nitro groups is 1. The largest absolute Gasteiger partial charge is 0.259 e. The maximum Gasteiger partial charge on any atom is 0.237 e.